The number of carbonyl (C=O) groups excluding carboxylic acids is 16. The maximum absolute atomic E-state index is 11.5. The molecule has 0 aromatic rings. The molecule has 6 unspecified atom stereocenters. The number of esters is 16. The van der Waals surface area contributed by atoms with Gasteiger partial charge in [0, 0.05) is 73.0 Å². The molecular formula is C62H80O32. The maximum Gasteiger partial charge on any atom is 0.350 e. The molecular weight excluding hydrogens is 1260 g/mol. The summed E-state index contributed by atoms with van der Waals surface area (Å²) < 4.78 is 76.4. The monoisotopic (exact) mass is 1340 g/mol. The number of rotatable bonds is 22. The molecule has 6 atom stereocenters. The maximum atomic E-state index is 11.5. The van der Waals surface area contributed by atoms with E-state index in [9.17, 15) is 76.7 Å². The molecule has 0 aromatic carbocycles. The molecule has 6 fully saturated rings. The van der Waals surface area contributed by atoms with Crippen molar-refractivity contribution >= 4 is 95.5 Å². The lowest BCUT2D eigenvalue weighted by Crippen LogP contribution is -2.37. The van der Waals surface area contributed by atoms with Gasteiger partial charge in [-0.05, 0) is 69.2 Å². The standard InChI is InChI=1S/C12H16O6.3C11H14O6.C9H12O4.C8H10O4/c1-8(2)10(14)16-6-4-9(13)18-12(3)5-7-17-11(12)15;2*1-7(2)9(13)16-6-8(12)17-11(3)4-5-15-10(11)14;1-3-8(12)15-6-4-9(13)17-11(2)5-7-16-10(11)14;1-6(2)7(10)13-9(3)4-5-12-8(9)11;1-3-6(9)12-8(2)4-5-11-7(8)10/h1,4-7H2,2-3H3;2*1,4-6H2,2-3H3;3H,1,4-7H2,2H3;1,4-5H2,2-3H3;3H,1,4-5H2,2H3. The van der Waals surface area contributed by atoms with Gasteiger partial charge in [-0.2, -0.15) is 0 Å². The van der Waals surface area contributed by atoms with Crippen LogP contribution in [0.1, 0.15) is 121 Å². The van der Waals surface area contributed by atoms with Crippen LogP contribution in [0, 0.1) is 0 Å². The van der Waals surface area contributed by atoms with E-state index in [0.29, 0.717) is 51.7 Å². The largest absolute Gasteiger partial charge is 0.463 e. The third-order valence-corrected chi connectivity index (χ3v) is 12.9. The number of cyclic esters (lactones) is 6. The van der Waals surface area contributed by atoms with Crippen molar-refractivity contribution in [2.75, 3.05) is 66.1 Å². The van der Waals surface area contributed by atoms with Crippen molar-refractivity contribution in [3.8, 4) is 0 Å². The Bertz CT molecular complexity index is 2910. The minimum Gasteiger partial charge on any atom is -0.463 e. The zero-order valence-electron chi connectivity index (χ0n) is 54.2. The van der Waals surface area contributed by atoms with E-state index < -0.39 is 142 Å². The van der Waals surface area contributed by atoms with Gasteiger partial charge in [-0.1, -0.05) is 39.5 Å². The summed E-state index contributed by atoms with van der Waals surface area (Å²) in [6, 6.07) is 0. The Labute approximate surface area is 540 Å². The third kappa shape index (κ3) is 27.4. The summed E-state index contributed by atoms with van der Waals surface area (Å²) in [6.07, 6.45) is 3.89. The van der Waals surface area contributed by atoms with Gasteiger partial charge in [0.25, 0.3) is 0 Å². The van der Waals surface area contributed by atoms with Crippen LogP contribution in [0.25, 0.3) is 0 Å². The molecule has 0 bridgehead atoms. The highest BCUT2D eigenvalue weighted by Crippen LogP contribution is 2.29. The highest BCUT2D eigenvalue weighted by molar-refractivity contribution is 5.93. The predicted molar refractivity (Wildman–Crippen MR) is 313 cm³/mol. The summed E-state index contributed by atoms with van der Waals surface area (Å²) >= 11 is 0. The Morgan fingerprint density at radius 1 is 0.340 bits per heavy atom. The van der Waals surface area contributed by atoms with Crippen molar-refractivity contribution in [1.82, 2.24) is 0 Å². The fourth-order valence-electron chi connectivity index (χ4n) is 6.98. The van der Waals surface area contributed by atoms with Crippen LogP contribution in [0.3, 0.4) is 0 Å². The Hall–Kier alpha value is -10.0. The Morgan fingerprint density at radius 2 is 0.574 bits per heavy atom. The van der Waals surface area contributed by atoms with Gasteiger partial charge in [-0.3, -0.25) is 9.59 Å². The molecule has 0 N–H and O–H groups in total. The predicted octanol–water partition coefficient (Wildman–Crippen LogP) is 3.04. The van der Waals surface area contributed by atoms with Crippen molar-refractivity contribution in [1.29, 1.82) is 0 Å². The second kappa shape index (κ2) is 37.5. The second-order valence-corrected chi connectivity index (χ2v) is 21.9. The number of hydrogen-bond donors (Lipinski definition) is 0. The van der Waals surface area contributed by atoms with Gasteiger partial charge in [0.05, 0.1) is 52.5 Å². The van der Waals surface area contributed by atoms with Gasteiger partial charge in [0.1, 0.15) is 13.2 Å². The quantitative estimate of drug-likeness (QED) is 0.0853. The van der Waals surface area contributed by atoms with Crippen LogP contribution in [-0.4, -0.2) is 195 Å². The molecule has 0 amide bonds. The van der Waals surface area contributed by atoms with E-state index in [1.807, 2.05) is 0 Å². The third-order valence-electron chi connectivity index (χ3n) is 12.9. The highest BCUT2D eigenvalue weighted by atomic mass is 16.7. The summed E-state index contributed by atoms with van der Waals surface area (Å²) in [7, 11) is 0. The molecule has 6 aliphatic rings. The number of carbonyl (C=O) groups is 16. The summed E-state index contributed by atoms with van der Waals surface area (Å²) in [4.78, 5) is 178. The van der Waals surface area contributed by atoms with Crippen LogP contribution in [0.2, 0.25) is 0 Å². The molecule has 0 aromatic heterocycles. The summed E-state index contributed by atoms with van der Waals surface area (Å²) in [5, 5.41) is 0. The lowest BCUT2D eigenvalue weighted by atomic mass is 10.1. The molecule has 6 aliphatic heterocycles. The van der Waals surface area contributed by atoms with E-state index in [2.05, 4.69) is 58.4 Å². The minimum atomic E-state index is -1.27. The second-order valence-electron chi connectivity index (χ2n) is 21.9. The fraction of sp³-hybridized carbons (Fsp3) is 0.548. The van der Waals surface area contributed by atoms with Crippen molar-refractivity contribution < 1.29 is 153 Å². The van der Waals surface area contributed by atoms with E-state index in [1.165, 1.54) is 62.3 Å². The average molecular weight is 1340 g/mol. The summed E-state index contributed by atoms with van der Waals surface area (Å²) in [6.45, 7) is 35.2. The van der Waals surface area contributed by atoms with Crippen LogP contribution in [0.15, 0.2) is 73.9 Å². The van der Waals surface area contributed by atoms with Crippen LogP contribution in [0.5, 0.6) is 0 Å². The molecule has 0 spiro atoms. The first kappa shape index (κ1) is 82.0. The number of hydrogen-bond acceptors (Lipinski definition) is 32. The van der Waals surface area contributed by atoms with Crippen molar-refractivity contribution in [3.63, 3.8) is 0 Å². The van der Waals surface area contributed by atoms with Gasteiger partial charge in [0.15, 0.2) is 13.2 Å². The summed E-state index contributed by atoms with van der Waals surface area (Å²) in [5.41, 5.74) is -6.28. The van der Waals surface area contributed by atoms with E-state index >= 15 is 0 Å². The van der Waals surface area contributed by atoms with E-state index in [1.54, 1.807) is 6.92 Å². The molecule has 94 heavy (non-hydrogen) atoms. The van der Waals surface area contributed by atoms with Crippen LogP contribution >= 0.6 is 0 Å². The first-order valence-electron chi connectivity index (χ1n) is 28.5. The molecule has 6 heterocycles. The topological polar surface area (TPSA) is 421 Å². The van der Waals surface area contributed by atoms with Crippen LogP contribution in [-0.2, 0) is 153 Å². The zero-order valence-corrected chi connectivity index (χ0v) is 54.2. The molecule has 32 nitrogen and oxygen atoms in total. The van der Waals surface area contributed by atoms with Crippen molar-refractivity contribution in [2.24, 2.45) is 0 Å². The highest BCUT2D eigenvalue weighted by Gasteiger charge is 2.48. The van der Waals surface area contributed by atoms with Gasteiger partial charge < -0.3 is 75.8 Å². The SMILES string of the molecule is C=C(C)C(=O)OC1(C)CCOC1=O.C=C(C)C(=O)OCC(=O)OC1(C)CCOC1=O.C=C(C)C(=O)OCC(=O)OC1(C)CCOC1=O.C=C(C)C(=O)OCCC(=O)OC1(C)CCOC1=O.C=CC(=O)OC1(C)CCOC1=O.C=CC(=O)OCCC(=O)OC1(C)CCOC1=O. The van der Waals surface area contributed by atoms with Crippen molar-refractivity contribution in [2.45, 2.75) is 154 Å². The zero-order chi connectivity index (χ0) is 72.0. The minimum absolute atomic E-state index is 0.102. The van der Waals surface area contributed by atoms with Gasteiger partial charge in [-0.15, -0.1) is 0 Å². The first-order chi connectivity index (χ1) is 43.6. The molecule has 520 valence electrons. The lowest BCUT2D eigenvalue weighted by Gasteiger charge is -2.19. The van der Waals surface area contributed by atoms with Gasteiger partial charge >= 0.3 is 95.5 Å². The average Bonchev–Trinajstić information content (AvgIpc) is 1.74. The Balaban J connectivity index is 0.000000567. The fourth-order valence-corrected chi connectivity index (χ4v) is 6.98. The Kier molecular flexibility index (Phi) is 32.7. The first-order valence-corrected chi connectivity index (χ1v) is 28.5. The normalized spacial score (nSPS) is 23.9. The molecule has 0 radical (unpaired) electrons. The van der Waals surface area contributed by atoms with E-state index in [4.69, 9.17) is 56.8 Å². The molecule has 0 saturated carbocycles. The van der Waals surface area contributed by atoms with E-state index in [-0.39, 0.29) is 74.8 Å². The van der Waals surface area contributed by atoms with Crippen molar-refractivity contribution in [3.05, 3.63) is 73.9 Å². The smallest absolute Gasteiger partial charge is 0.350 e. The van der Waals surface area contributed by atoms with Crippen LogP contribution < -0.4 is 0 Å². The van der Waals surface area contributed by atoms with Crippen LogP contribution in [0.4, 0.5) is 0 Å². The van der Waals surface area contributed by atoms with Gasteiger partial charge in [-0.25, -0.2) is 67.1 Å². The number of ether oxygens (including phenoxy) is 16. The molecule has 0 aliphatic carbocycles. The molecule has 32 heteroatoms. The summed E-state index contributed by atoms with van der Waals surface area (Å²) in [5.74, 6) is -9.72. The van der Waals surface area contributed by atoms with E-state index in [0.717, 1.165) is 12.2 Å². The van der Waals surface area contributed by atoms with Gasteiger partial charge in [0.2, 0.25) is 33.6 Å². The molecule has 6 rings (SSSR count). The lowest BCUT2D eigenvalue weighted by molar-refractivity contribution is -0.175. The molecule has 6 saturated heterocycles. The Morgan fingerprint density at radius 3 is 0.819 bits per heavy atom.